The molecule has 1 aliphatic heterocycles. The molecule has 1 saturated heterocycles. The SMILES string of the molecule is CC(C)OC[C@H](O)CN1CCN(Cc2nc(-c3ccc(-c4ccncn4)cc3)no2)CC1. The van der Waals surface area contributed by atoms with Gasteiger partial charge in [-0.1, -0.05) is 29.4 Å². The number of hydrogen-bond acceptors (Lipinski definition) is 9. The van der Waals surface area contributed by atoms with E-state index in [1.807, 2.05) is 44.2 Å². The van der Waals surface area contributed by atoms with Gasteiger partial charge in [-0.25, -0.2) is 9.97 Å². The zero-order valence-electron chi connectivity index (χ0n) is 18.6. The smallest absolute Gasteiger partial charge is 0.241 e. The molecule has 9 nitrogen and oxygen atoms in total. The summed E-state index contributed by atoms with van der Waals surface area (Å²) < 4.78 is 11.0. The molecule has 0 aliphatic carbocycles. The number of rotatable bonds is 9. The lowest BCUT2D eigenvalue weighted by molar-refractivity contribution is -0.0152. The van der Waals surface area contributed by atoms with Crippen molar-refractivity contribution in [2.45, 2.75) is 32.6 Å². The number of benzene rings is 1. The monoisotopic (exact) mass is 438 g/mol. The molecule has 9 heteroatoms. The van der Waals surface area contributed by atoms with Gasteiger partial charge in [0.2, 0.25) is 11.7 Å². The number of ether oxygens (including phenoxy) is 1. The van der Waals surface area contributed by atoms with Crippen LogP contribution in [0.3, 0.4) is 0 Å². The van der Waals surface area contributed by atoms with Gasteiger partial charge in [-0.15, -0.1) is 0 Å². The van der Waals surface area contributed by atoms with Crippen LogP contribution in [0.1, 0.15) is 19.7 Å². The molecule has 0 bridgehead atoms. The molecule has 1 N–H and O–H groups in total. The van der Waals surface area contributed by atoms with Crippen LogP contribution in [0, 0.1) is 0 Å². The molecule has 1 fully saturated rings. The Morgan fingerprint density at radius 1 is 1.03 bits per heavy atom. The molecule has 3 aromatic rings. The average molecular weight is 439 g/mol. The highest BCUT2D eigenvalue weighted by molar-refractivity contribution is 5.64. The second-order valence-corrected chi connectivity index (χ2v) is 8.30. The quantitative estimate of drug-likeness (QED) is 0.538. The van der Waals surface area contributed by atoms with Gasteiger partial charge in [-0.2, -0.15) is 4.98 Å². The van der Waals surface area contributed by atoms with Crippen molar-refractivity contribution < 1.29 is 14.4 Å². The van der Waals surface area contributed by atoms with Gasteiger partial charge in [0.15, 0.2) is 0 Å². The van der Waals surface area contributed by atoms with E-state index in [2.05, 4.69) is 29.9 Å². The molecule has 3 heterocycles. The highest BCUT2D eigenvalue weighted by Gasteiger charge is 2.21. The molecule has 0 unspecified atom stereocenters. The van der Waals surface area contributed by atoms with E-state index < -0.39 is 6.10 Å². The highest BCUT2D eigenvalue weighted by atomic mass is 16.5. The summed E-state index contributed by atoms with van der Waals surface area (Å²) in [6, 6.07) is 9.81. The van der Waals surface area contributed by atoms with Crippen molar-refractivity contribution in [1.29, 1.82) is 0 Å². The topological polar surface area (TPSA) is 101 Å². The fraction of sp³-hybridized carbons (Fsp3) is 0.478. The lowest BCUT2D eigenvalue weighted by Crippen LogP contribution is -2.48. The Labute approximate surface area is 188 Å². The molecule has 0 saturated carbocycles. The second kappa shape index (κ2) is 10.7. The van der Waals surface area contributed by atoms with Crippen LogP contribution in [0.2, 0.25) is 0 Å². The molecule has 1 atom stereocenters. The minimum atomic E-state index is -0.455. The number of aromatic nitrogens is 4. The van der Waals surface area contributed by atoms with Crippen molar-refractivity contribution in [3.8, 4) is 22.6 Å². The summed E-state index contributed by atoms with van der Waals surface area (Å²) in [5, 5.41) is 14.3. The maximum Gasteiger partial charge on any atom is 0.241 e. The Bertz CT molecular complexity index is 955. The minimum Gasteiger partial charge on any atom is -0.389 e. The van der Waals surface area contributed by atoms with Crippen molar-refractivity contribution in [2.75, 3.05) is 39.3 Å². The number of aliphatic hydroxyl groups is 1. The van der Waals surface area contributed by atoms with Gasteiger partial charge in [-0.3, -0.25) is 9.80 Å². The third-order valence-corrected chi connectivity index (χ3v) is 5.40. The van der Waals surface area contributed by atoms with Gasteiger partial charge < -0.3 is 14.4 Å². The van der Waals surface area contributed by atoms with Crippen LogP contribution in [-0.4, -0.2) is 86.6 Å². The number of piperazine rings is 1. The van der Waals surface area contributed by atoms with Crippen LogP contribution < -0.4 is 0 Å². The van der Waals surface area contributed by atoms with E-state index in [0.29, 0.717) is 31.4 Å². The van der Waals surface area contributed by atoms with E-state index in [4.69, 9.17) is 9.26 Å². The van der Waals surface area contributed by atoms with Gasteiger partial charge in [0, 0.05) is 50.0 Å². The van der Waals surface area contributed by atoms with Gasteiger partial charge in [0.25, 0.3) is 0 Å². The Hall–Kier alpha value is -2.72. The van der Waals surface area contributed by atoms with Crippen LogP contribution in [-0.2, 0) is 11.3 Å². The first-order chi connectivity index (χ1) is 15.6. The highest BCUT2D eigenvalue weighted by Crippen LogP contribution is 2.22. The average Bonchev–Trinajstić information content (AvgIpc) is 3.28. The van der Waals surface area contributed by atoms with Gasteiger partial charge in [-0.05, 0) is 19.9 Å². The van der Waals surface area contributed by atoms with Crippen molar-refractivity contribution in [1.82, 2.24) is 29.9 Å². The fourth-order valence-corrected chi connectivity index (χ4v) is 3.66. The molecule has 32 heavy (non-hydrogen) atoms. The Morgan fingerprint density at radius 2 is 1.75 bits per heavy atom. The molecule has 4 rings (SSSR count). The van der Waals surface area contributed by atoms with Gasteiger partial charge in [0.1, 0.15) is 6.33 Å². The molecule has 0 radical (unpaired) electrons. The first kappa shape index (κ1) is 22.5. The van der Waals surface area contributed by atoms with Crippen LogP contribution in [0.4, 0.5) is 0 Å². The minimum absolute atomic E-state index is 0.136. The molecule has 0 amide bonds. The lowest BCUT2D eigenvalue weighted by atomic mass is 10.1. The maximum absolute atomic E-state index is 10.1. The molecule has 2 aromatic heterocycles. The zero-order valence-corrected chi connectivity index (χ0v) is 18.6. The molecular weight excluding hydrogens is 408 g/mol. The van der Waals surface area contributed by atoms with E-state index in [0.717, 1.165) is 43.0 Å². The Kier molecular flexibility index (Phi) is 7.54. The summed E-state index contributed by atoms with van der Waals surface area (Å²) in [4.78, 5) is 17.3. The van der Waals surface area contributed by atoms with Crippen molar-refractivity contribution in [2.24, 2.45) is 0 Å². The Balaban J connectivity index is 1.26. The summed E-state index contributed by atoms with van der Waals surface area (Å²) in [7, 11) is 0. The summed E-state index contributed by atoms with van der Waals surface area (Å²) >= 11 is 0. The van der Waals surface area contributed by atoms with E-state index in [9.17, 15) is 5.11 Å². The zero-order chi connectivity index (χ0) is 22.3. The van der Waals surface area contributed by atoms with E-state index in [1.54, 1.807) is 6.20 Å². The second-order valence-electron chi connectivity index (χ2n) is 8.30. The summed E-state index contributed by atoms with van der Waals surface area (Å²) in [6.45, 7) is 9.16. The van der Waals surface area contributed by atoms with E-state index in [1.165, 1.54) is 6.33 Å². The predicted octanol–water partition coefficient (Wildman–Crippen LogP) is 2.10. The molecule has 1 aliphatic rings. The summed E-state index contributed by atoms with van der Waals surface area (Å²) in [5.41, 5.74) is 2.79. The third kappa shape index (κ3) is 6.17. The molecule has 1 aromatic carbocycles. The third-order valence-electron chi connectivity index (χ3n) is 5.40. The normalized spacial score (nSPS) is 16.5. The molecular formula is C23H30N6O3. The lowest BCUT2D eigenvalue weighted by Gasteiger charge is -2.34. The van der Waals surface area contributed by atoms with Crippen molar-refractivity contribution in [3.05, 3.63) is 48.7 Å². The number of aliphatic hydroxyl groups excluding tert-OH is 1. The fourth-order valence-electron chi connectivity index (χ4n) is 3.66. The first-order valence-corrected chi connectivity index (χ1v) is 11.0. The first-order valence-electron chi connectivity index (χ1n) is 11.0. The van der Waals surface area contributed by atoms with E-state index in [-0.39, 0.29) is 6.10 Å². The number of β-amino-alcohol motifs (C(OH)–C–C–N with tert-alkyl or cyclic N) is 1. The van der Waals surface area contributed by atoms with Crippen molar-refractivity contribution >= 4 is 0 Å². The Morgan fingerprint density at radius 3 is 2.44 bits per heavy atom. The number of nitrogens with zero attached hydrogens (tertiary/aromatic N) is 6. The summed E-state index contributed by atoms with van der Waals surface area (Å²) in [5.74, 6) is 1.19. The number of hydrogen-bond donors (Lipinski definition) is 1. The van der Waals surface area contributed by atoms with Gasteiger partial charge >= 0.3 is 0 Å². The predicted molar refractivity (Wildman–Crippen MR) is 120 cm³/mol. The summed E-state index contributed by atoms with van der Waals surface area (Å²) in [6.07, 6.45) is 2.95. The van der Waals surface area contributed by atoms with Crippen LogP contribution in [0.15, 0.2) is 47.4 Å². The largest absolute Gasteiger partial charge is 0.389 e. The van der Waals surface area contributed by atoms with E-state index >= 15 is 0 Å². The standard InChI is InChI=1S/C23H30N6O3/c1-17(2)31-15-20(30)13-28-9-11-29(12-10-28)14-22-26-23(27-32-22)19-5-3-18(4-6-19)21-7-8-24-16-25-21/h3-8,16-17,20,30H,9-15H2,1-2H3/t20-/m1/s1. The van der Waals surface area contributed by atoms with Crippen LogP contribution >= 0.6 is 0 Å². The van der Waals surface area contributed by atoms with Crippen LogP contribution in [0.5, 0.6) is 0 Å². The van der Waals surface area contributed by atoms with Gasteiger partial charge in [0.05, 0.1) is 31.1 Å². The maximum atomic E-state index is 10.1. The van der Waals surface area contributed by atoms with Crippen LogP contribution in [0.25, 0.3) is 22.6 Å². The molecule has 0 spiro atoms. The van der Waals surface area contributed by atoms with Crippen molar-refractivity contribution in [3.63, 3.8) is 0 Å². The molecule has 170 valence electrons.